The summed E-state index contributed by atoms with van der Waals surface area (Å²) < 4.78 is 0. The van der Waals surface area contributed by atoms with Crippen LogP contribution >= 0.6 is 0 Å². The molecule has 2 rings (SSSR count). The van der Waals surface area contributed by atoms with Gasteiger partial charge in [-0.25, -0.2) is 5.01 Å². The summed E-state index contributed by atoms with van der Waals surface area (Å²) >= 11 is 0. The number of nitrogens with one attached hydrogen (secondary N) is 1. The first-order valence-electron chi connectivity index (χ1n) is 4.09. The largest absolute Gasteiger partial charge is 0.352 e. The predicted octanol–water partition coefficient (Wildman–Crippen LogP) is -0.787. The third kappa shape index (κ3) is 1.36. The van der Waals surface area contributed by atoms with E-state index in [4.69, 9.17) is 5.84 Å². The van der Waals surface area contributed by atoms with Crippen LogP contribution in [0.1, 0.15) is 19.3 Å². The van der Waals surface area contributed by atoms with Crippen molar-refractivity contribution < 1.29 is 4.79 Å². The maximum Gasteiger partial charge on any atom is 0.239 e. The van der Waals surface area contributed by atoms with Gasteiger partial charge in [-0.2, -0.15) is 0 Å². The number of hydrogen-bond donors (Lipinski definition) is 2. The second kappa shape index (κ2) is 2.46. The molecule has 11 heavy (non-hydrogen) atoms. The second-order valence-electron chi connectivity index (χ2n) is 3.33. The lowest BCUT2D eigenvalue weighted by Crippen LogP contribution is -2.59. The van der Waals surface area contributed by atoms with Crippen molar-refractivity contribution in [1.82, 2.24) is 10.3 Å². The first-order chi connectivity index (χ1) is 5.27. The van der Waals surface area contributed by atoms with Gasteiger partial charge in [-0.3, -0.25) is 10.6 Å². The molecule has 0 bridgehead atoms. The molecule has 62 valence electrons. The van der Waals surface area contributed by atoms with Gasteiger partial charge in [0.05, 0.1) is 0 Å². The summed E-state index contributed by atoms with van der Waals surface area (Å²) in [6.45, 7) is 0.850. The zero-order valence-electron chi connectivity index (χ0n) is 6.42. The van der Waals surface area contributed by atoms with Crippen molar-refractivity contribution in [2.45, 2.75) is 31.3 Å². The molecule has 2 aliphatic rings. The quantitative estimate of drug-likeness (QED) is 0.514. The van der Waals surface area contributed by atoms with Gasteiger partial charge < -0.3 is 5.32 Å². The summed E-state index contributed by atoms with van der Waals surface area (Å²) in [7, 11) is 0. The number of rotatable bonds is 2. The molecule has 0 aromatic carbocycles. The highest BCUT2D eigenvalue weighted by atomic mass is 16.2. The van der Waals surface area contributed by atoms with Crippen molar-refractivity contribution in [2.75, 3.05) is 6.54 Å². The smallest absolute Gasteiger partial charge is 0.239 e. The molecule has 1 atom stereocenters. The Balaban J connectivity index is 1.78. The molecule has 0 aromatic rings. The standard InChI is InChI=1S/C7H13N3O/c8-10-4-3-6(10)7(11)9-5-1-2-5/h5-6H,1-4,8H2,(H,9,11)/t6-/m0/s1. The fraction of sp³-hybridized carbons (Fsp3) is 0.857. The van der Waals surface area contributed by atoms with Crippen molar-refractivity contribution in [3.05, 3.63) is 0 Å². The Bertz CT molecular complexity index is 179. The van der Waals surface area contributed by atoms with E-state index in [0.717, 1.165) is 25.8 Å². The molecule has 3 N–H and O–H groups in total. The number of nitrogens with two attached hydrogens (primary N) is 1. The van der Waals surface area contributed by atoms with Crippen molar-refractivity contribution in [3.63, 3.8) is 0 Å². The number of nitrogens with zero attached hydrogens (tertiary/aromatic N) is 1. The third-order valence-electron chi connectivity index (χ3n) is 2.29. The van der Waals surface area contributed by atoms with Crippen LogP contribution in [-0.2, 0) is 4.79 Å². The van der Waals surface area contributed by atoms with Crippen LogP contribution in [0.5, 0.6) is 0 Å². The van der Waals surface area contributed by atoms with E-state index >= 15 is 0 Å². The van der Waals surface area contributed by atoms with E-state index in [1.165, 1.54) is 0 Å². The Morgan fingerprint density at radius 1 is 1.45 bits per heavy atom. The second-order valence-corrected chi connectivity index (χ2v) is 3.33. The van der Waals surface area contributed by atoms with Crippen LogP contribution in [0.4, 0.5) is 0 Å². The molecule has 1 aliphatic heterocycles. The van der Waals surface area contributed by atoms with Crippen LogP contribution in [0, 0.1) is 0 Å². The lowest BCUT2D eigenvalue weighted by atomic mass is 10.1. The Morgan fingerprint density at radius 3 is 2.55 bits per heavy atom. The average molecular weight is 155 g/mol. The number of amides is 1. The summed E-state index contributed by atoms with van der Waals surface area (Å²) in [5.41, 5.74) is 0. The first kappa shape index (κ1) is 7.06. The van der Waals surface area contributed by atoms with E-state index in [-0.39, 0.29) is 11.9 Å². The first-order valence-corrected chi connectivity index (χ1v) is 4.09. The summed E-state index contributed by atoms with van der Waals surface area (Å²) in [4.78, 5) is 11.3. The lowest BCUT2D eigenvalue weighted by molar-refractivity contribution is -0.131. The Morgan fingerprint density at radius 2 is 2.18 bits per heavy atom. The molecule has 1 aliphatic carbocycles. The highest BCUT2D eigenvalue weighted by molar-refractivity contribution is 5.83. The molecule has 1 heterocycles. The van der Waals surface area contributed by atoms with Gasteiger partial charge in [0.1, 0.15) is 6.04 Å². The summed E-state index contributed by atoms with van der Waals surface area (Å²) in [6.07, 6.45) is 3.20. The summed E-state index contributed by atoms with van der Waals surface area (Å²) in [5, 5.41) is 4.52. The molecule has 1 saturated carbocycles. The molecular formula is C7H13N3O. The van der Waals surface area contributed by atoms with E-state index in [1.54, 1.807) is 5.01 Å². The monoisotopic (exact) mass is 155 g/mol. The van der Waals surface area contributed by atoms with Crippen LogP contribution in [0.25, 0.3) is 0 Å². The molecule has 2 fully saturated rings. The van der Waals surface area contributed by atoms with Gasteiger partial charge in [0, 0.05) is 12.6 Å². The number of carbonyl (C=O) groups excluding carboxylic acids is 1. The van der Waals surface area contributed by atoms with Gasteiger partial charge in [-0.1, -0.05) is 0 Å². The van der Waals surface area contributed by atoms with Crippen LogP contribution in [0.3, 0.4) is 0 Å². The molecule has 1 saturated heterocycles. The zero-order chi connectivity index (χ0) is 7.84. The Labute approximate surface area is 65.7 Å². The van der Waals surface area contributed by atoms with Gasteiger partial charge >= 0.3 is 0 Å². The van der Waals surface area contributed by atoms with Crippen molar-refractivity contribution in [2.24, 2.45) is 5.84 Å². The lowest BCUT2D eigenvalue weighted by Gasteiger charge is -2.35. The van der Waals surface area contributed by atoms with Crippen LogP contribution in [0.15, 0.2) is 0 Å². The van der Waals surface area contributed by atoms with E-state index < -0.39 is 0 Å². The van der Waals surface area contributed by atoms with Crippen molar-refractivity contribution >= 4 is 5.91 Å². The molecule has 0 radical (unpaired) electrons. The Kier molecular flexibility index (Phi) is 1.58. The molecule has 4 nitrogen and oxygen atoms in total. The SMILES string of the molecule is NN1CC[C@H]1C(=O)NC1CC1. The zero-order valence-corrected chi connectivity index (χ0v) is 6.42. The minimum absolute atomic E-state index is 0.0457. The van der Waals surface area contributed by atoms with E-state index in [9.17, 15) is 4.79 Å². The average Bonchev–Trinajstić information content (AvgIpc) is 2.68. The number of carbonyl (C=O) groups is 1. The molecular weight excluding hydrogens is 142 g/mol. The van der Waals surface area contributed by atoms with Gasteiger partial charge in [0.15, 0.2) is 0 Å². The Hall–Kier alpha value is -0.610. The van der Waals surface area contributed by atoms with Crippen LogP contribution in [-0.4, -0.2) is 29.5 Å². The topological polar surface area (TPSA) is 58.4 Å². The maximum atomic E-state index is 11.3. The van der Waals surface area contributed by atoms with Gasteiger partial charge in [0.25, 0.3) is 0 Å². The molecule has 0 aromatic heterocycles. The van der Waals surface area contributed by atoms with Crippen LogP contribution in [0.2, 0.25) is 0 Å². The number of hydrogen-bond acceptors (Lipinski definition) is 3. The normalized spacial score (nSPS) is 31.2. The van der Waals surface area contributed by atoms with E-state index in [2.05, 4.69) is 5.32 Å². The van der Waals surface area contributed by atoms with Gasteiger partial charge in [0.2, 0.25) is 5.91 Å². The maximum absolute atomic E-state index is 11.3. The van der Waals surface area contributed by atoms with Gasteiger partial charge in [-0.15, -0.1) is 0 Å². The summed E-state index contributed by atoms with van der Waals surface area (Å²) in [5.74, 6) is 5.60. The third-order valence-corrected chi connectivity index (χ3v) is 2.29. The molecule has 4 heteroatoms. The van der Waals surface area contributed by atoms with Crippen molar-refractivity contribution in [3.8, 4) is 0 Å². The number of hydrazine groups is 1. The predicted molar refractivity (Wildman–Crippen MR) is 40.5 cm³/mol. The highest BCUT2D eigenvalue weighted by Gasteiger charge is 2.34. The minimum Gasteiger partial charge on any atom is -0.352 e. The fourth-order valence-corrected chi connectivity index (χ4v) is 1.21. The van der Waals surface area contributed by atoms with Gasteiger partial charge in [-0.05, 0) is 19.3 Å². The van der Waals surface area contributed by atoms with E-state index in [1.807, 2.05) is 0 Å². The molecule has 0 unspecified atom stereocenters. The van der Waals surface area contributed by atoms with Crippen LogP contribution < -0.4 is 11.2 Å². The molecule has 0 spiro atoms. The molecule has 1 amide bonds. The summed E-state index contributed by atoms with van der Waals surface area (Å²) in [6, 6.07) is 0.409. The highest BCUT2D eigenvalue weighted by Crippen LogP contribution is 2.20. The van der Waals surface area contributed by atoms with E-state index in [0.29, 0.717) is 6.04 Å². The fourth-order valence-electron chi connectivity index (χ4n) is 1.21. The minimum atomic E-state index is -0.0457. The van der Waals surface area contributed by atoms with Crippen molar-refractivity contribution in [1.29, 1.82) is 0 Å².